The van der Waals surface area contributed by atoms with Gasteiger partial charge in [-0.05, 0) is 24.3 Å². The predicted molar refractivity (Wildman–Crippen MR) is 56.8 cm³/mol. The molecule has 0 spiro atoms. The summed E-state index contributed by atoms with van der Waals surface area (Å²) in [6.45, 7) is 4.24. The molecule has 78 valence electrons. The Kier molecular flexibility index (Phi) is 4.08. The molecule has 1 aliphatic carbocycles. The van der Waals surface area contributed by atoms with Crippen molar-refractivity contribution >= 4 is 5.78 Å². The molecular weight excluding hydrogens is 176 g/mol. The van der Waals surface area contributed by atoms with E-state index in [9.17, 15) is 4.79 Å². The molecule has 0 fully saturated rings. The molecule has 0 saturated heterocycles. The molecule has 2 atom stereocenters. The van der Waals surface area contributed by atoms with E-state index in [0.717, 1.165) is 6.42 Å². The third kappa shape index (κ3) is 2.81. The van der Waals surface area contributed by atoms with E-state index in [2.05, 4.69) is 13.8 Å². The molecule has 0 aliphatic heterocycles. The number of hydrogen-bond donors (Lipinski definition) is 1. The largest absolute Gasteiger partial charge is 0.396 e. The molecule has 14 heavy (non-hydrogen) atoms. The summed E-state index contributed by atoms with van der Waals surface area (Å²) in [4.78, 5) is 11.5. The van der Waals surface area contributed by atoms with Gasteiger partial charge in [-0.15, -0.1) is 0 Å². The molecule has 2 nitrogen and oxygen atoms in total. The number of hydrogen-bond acceptors (Lipinski definition) is 2. The topological polar surface area (TPSA) is 37.3 Å². The minimum Gasteiger partial charge on any atom is -0.396 e. The van der Waals surface area contributed by atoms with Crippen LogP contribution in [0.25, 0.3) is 0 Å². The highest BCUT2D eigenvalue weighted by Gasteiger charge is 2.25. The van der Waals surface area contributed by atoms with Crippen LogP contribution in [0.2, 0.25) is 0 Å². The zero-order chi connectivity index (χ0) is 10.6. The van der Waals surface area contributed by atoms with Gasteiger partial charge in [0.2, 0.25) is 0 Å². The molecule has 0 aromatic carbocycles. The smallest absolute Gasteiger partial charge is 0.162 e. The van der Waals surface area contributed by atoms with Gasteiger partial charge in [0.05, 0.1) is 0 Å². The number of aliphatic hydroxyl groups is 1. The molecular formula is C12H18O2. The molecule has 0 amide bonds. The van der Waals surface area contributed by atoms with Crippen LogP contribution in [0.4, 0.5) is 0 Å². The Morgan fingerprint density at radius 2 is 2.36 bits per heavy atom. The first-order valence-corrected chi connectivity index (χ1v) is 5.14. The summed E-state index contributed by atoms with van der Waals surface area (Å²) in [5, 5.41) is 9.12. The summed E-state index contributed by atoms with van der Waals surface area (Å²) in [6, 6.07) is 0. The van der Waals surface area contributed by atoms with Crippen LogP contribution in [0.15, 0.2) is 24.3 Å². The Hall–Kier alpha value is -0.890. The summed E-state index contributed by atoms with van der Waals surface area (Å²) in [5.41, 5.74) is 0. The second-order valence-corrected chi connectivity index (χ2v) is 4.14. The molecule has 0 unspecified atom stereocenters. The van der Waals surface area contributed by atoms with Gasteiger partial charge in [0.25, 0.3) is 0 Å². The van der Waals surface area contributed by atoms with Gasteiger partial charge in [-0.25, -0.2) is 0 Å². The highest BCUT2D eigenvalue weighted by Crippen LogP contribution is 2.24. The maximum Gasteiger partial charge on any atom is 0.162 e. The lowest BCUT2D eigenvalue weighted by atomic mass is 9.82. The minimum atomic E-state index is -0.118. The normalized spacial score (nSPS) is 27.9. The number of aliphatic hydroxyl groups excluding tert-OH is 1. The van der Waals surface area contributed by atoms with Crippen molar-refractivity contribution in [1.29, 1.82) is 0 Å². The second-order valence-electron chi connectivity index (χ2n) is 4.14. The highest BCUT2D eigenvalue weighted by molar-refractivity contribution is 5.94. The molecule has 0 aromatic heterocycles. The third-order valence-electron chi connectivity index (χ3n) is 2.50. The van der Waals surface area contributed by atoms with Gasteiger partial charge in [0.1, 0.15) is 0 Å². The Labute approximate surface area is 85.3 Å². The molecule has 0 saturated carbocycles. The van der Waals surface area contributed by atoms with Crippen LogP contribution >= 0.6 is 0 Å². The lowest BCUT2D eigenvalue weighted by Crippen LogP contribution is -2.26. The number of rotatable bonds is 3. The third-order valence-corrected chi connectivity index (χ3v) is 2.50. The fourth-order valence-electron chi connectivity index (χ4n) is 1.63. The second kappa shape index (κ2) is 5.11. The maximum atomic E-state index is 11.5. The Morgan fingerprint density at radius 1 is 1.64 bits per heavy atom. The van der Waals surface area contributed by atoms with E-state index in [1.54, 1.807) is 6.08 Å². The molecule has 0 bridgehead atoms. The Bertz CT molecular complexity index is 251. The van der Waals surface area contributed by atoms with Gasteiger partial charge in [-0.2, -0.15) is 0 Å². The van der Waals surface area contributed by atoms with Crippen LogP contribution in [0.5, 0.6) is 0 Å². The lowest BCUT2D eigenvalue weighted by molar-refractivity contribution is -0.119. The molecule has 1 N–H and O–H groups in total. The fraction of sp³-hybridized carbons (Fsp3) is 0.583. The van der Waals surface area contributed by atoms with Crippen molar-refractivity contribution in [1.82, 2.24) is 0 Å². The van der Waals surface area contributed by atoms with Gasteiger partial charge in [0, 0.05) is 12.5 Å². The monoisotopic (exact) mass is 194 g/mol. The predicted octanol–water partition coefficient (Wildman–Crippen LogP) is 1.95. The summed E-state index contributed by atoms with van der Waals surface area (Å²) in [6.07, 6.45) is 8.25. The number of ketones is 1. The van der Waals surface area contributed by atoms with Crippen LogP contribution in [0.3, 0.4) is 0 Å². The summed E-state index contributed by atoms with van der Waals surface area (Å²) in [5.74, 6) is 0.523. The van der Waals surface area contributed by atoms with Crippen LogP contribution in [-0.4, -0.2) is 17.5 Å². The van der Waals surface area contributed by atoms with Crippen molar-refractivity contribution in [3.8, 4) is 0 Å². The zero-order valence-electron chi connectivity index (χ0n) is 8.81. The molecule has 2 heteroatoms. The van der Waals surface area contributed by atoms with Crippen LogP contribution in [0.1, 0.15) is 20.3 Å². The van der Waals surface area contributed by atoms with Gasteiger partial charge >= 0.3 is 0 Å². The van der Waals surface area contributed by atoms with Crippen molar-refractivity contribution < 1.29 is 9.90 Å². The van der Waals surface area contributed by atoms with Crippen molar-refractivity contribution in [2.75, 3.05) is 6.61 Å². The standard InChI is InChI=1S/C12H18O2/c1-9(2)6-7-11-10(8-13)4-3-5-12(11)14/h3,5-7,9-11,13H,4,8H2,1-2H3/b7-6-/t10-,11+/m1/s1. The molecule has 0 heterocycles. The number of carbonyl (C=O) groups is 1. The lowest BCUT2D eigenvalue weighted by Gasteiger charge is -2.22. The Morgan fingerprint density at radius 3 is 2.93 bits per heavy atom. The average Bonchev–Trinajstić information content (AvgIpc) is 2.15. The fourth-order valence-corrected chi connectivity index (χ4v) is 1.63. The minimum absolute atomic E-state index is 0.0718. The van der Waals surface area contributed by atoms with Gasteiger partial charge in [0.15, 0.2) is 5.78 Å². The summed E-state index contributed by atoms with van der Waals surface area (Å²) >= 11 is 0. The number of allylic oxidation sites excluding steroid dienone is 4. The van der Waals surface area contributed by atoms with Crippen LogP contribution in [-0.2, 0) is 4.79 Å². The Balaban J connectivity index is 2.71. The van der Waals surface area contributed by atoms with Gasteiger partial charge < -0.3 is 5.11 Å². The van der Waals surface area contributed by atoms with Crippen molar-refractivity contribution in [2.45, 2.75) is 20.3 Å². The van der Waals surface area contributed by atoms with E-state index >= 15 is 0 Å². The van der Waals surface area contributed by atoms with Crippen LogP contribution < -0.4 is 0 Å². The highest BCUT2D eigenvalue weighted by atomic mass is 16.3. The van der Waals surface area contributed by atoms with Crippen molar-refractivity contribution in [3.63, 3.8) is 0 Å². The molecule has 0 aromatic rings. The summed E-state index contributed by atoms with van der Waals surface area (Å²) < 4.78 is 0. The molecule has 1 aliphatic rings. The maximum absolute atomic E-state index is 11.5. The first kappa shape index (κ1) is 11.2. The van der Waals surface area contributed by atoms with Crippen molar-refractivity contribution in [3.05, 3.63) is 24.3 Å². The van der Waals surface area contributed by atoms with Gasteiger partial charge in [-0.3, -0.25) is 4.79 Å². The first-order valence-electron chi connectivity index (χ1n) is 5.14. The zero-order valence-corrected chi connectivity index (χ0v) is 8.81. The molecule has 1 rings (SSSR count). The molecule has 0 radical (unpaired) electrons. The summed E-state index contributed by atoms with van der Waals surface area (Å²) in [7, 11) is 0. The van der Waals surface area contributed by atoms with E-state index in [1.165, 1.54) is 0 Å². The van der Waals surface area contributed by atoms with E-state index < -0.39 is 0 Å². The van der Waals surface area contributed by atoms with E-state index in [0.29, 0.717) is 5.92 Å². The van der Waals surface area contributed by atoms with E-state index in [4.69, 9.17) is 5.11 Å². The quantitative estimate of drug-likeness (QED) is 0.697. The SMILES string of the molecule is CC(C)/C=C\[C@@H]1C(=O)C=CC[C@@H]1CO. The number of carbonyl (C=O) groups excluding carboxylic acids is 1. The average molecular weight is 194 g/mol. The van der Waals surface area contributed by atoms with Crippen LogP contribution in [0, 0.1) is 17.8 Å². The van der Waals surface area contributed by atoms with E-state index in [1.807, 2.05) is 18.2 Å². The first-order chi connectivity index (χ1) is 6.65. The van der Waals surface area contributed by atoms with Crippen molar-refractivity contribution in [2.24, 2.45) is 17.8 Å². The van der Waals surface area contributed by atoms with Gasteiger partial charge in [-0.1, -0.05) is 32.1 Å². The van der Waals surface area contributed by atoms with E-state index in [-0.39, 0.29) is 24.2 Å².